The van der Waals surface area contributed by atoms with Gasteiger partial charge in [0.2, 0.25) is 0 Å². The van der Waals surface area contributed by atoms with Crippen molar-refractivity contribution in [1.82, 2.24) is 4.90 Å². The minimum atomic E-state index is -0.00630. The van der Waals surface area contributed by atoms with Crippen molar-refractivity contribution in [2.75, 3.05) is 13.2 Å². The van der Waals surface area contributed by atoms with Crippen molar-refractivity contribution in [1.29, 1.82) is 0 Å². The summed E-state index contributed by atoms with van der Waals surface area (Å²) in [6, 6.07) is 11.2. The van der Waals surface area contributed by atoms with Gasteiger partial charge in [-0.2, -0.15) is 0 Å². The number of hydrogen-bond donors (Lipinski definition) is 0. The molecule has 1 aromatic heterocycles. The Morgan fingerprint density at radius 2 is 2.23 bits per heavy atom. The van der Waals surface area contributed by atoms with Crippen LogP contribution < -0.4 is 0 Å². The molecule has 1 fully saturated rings. The van der Waals surface area contributed by atoms with E-state index in [0.717, 1.165) is 29.7 Å². The second kappa shape index (κ2) is 7.11. The zero-order valence-corrected chi connectivity index (χ0v) is 13.8. The highest BCUT2D eigenvalue weighted by Gasteiger charge is 2.24. The summed E-state index contributed by atoms with van der Waals surface area (Å²) in [6.07, 6.45) is 3.81. The van der Waals surface area contributed by atoms with Gasteiger partial charge in [-0.25, -0.2) is 0 Å². The summed E-state index contributed by atoms with van der Waals surface area (Å²) in [5.74, 6) is 0.773. The van der Waals surface area contributed by atoms with Crippen molar-refractivity contribution in [2.24, 2.45) is 0 Å². The Kier molecular flexibility index (Phi) is 4.95. The fourth-order valence-electron chi connectivity index (χ4n) is 2.65. The van der Waals surface area contributed by atoms with Gasteiger partial charge < -0.3 is 14.1 Å². The third-order valence-electron chi connectivity index (χ3n) is 3.73. The lowest BCUT2D eigenvalue weighted by Gasteiger charge is -2.24. The van der Waals surface area contributed by atoms with Crippen LogP contribution in [-0.4, -0.2) is 30.1 Å². The molecule has 1 amide bonds. The molecule has 0 radical (unpaired) electrons. The lowest BCUT2D eigenvalue weighted by atomic mass is 10.1. The van der Waals surface area contributed by atoms with Crippen LogP contribution in [0.15, 0.2) is 51.6 Å². The zero-order chi connectivity index (χ0) is 15.4. The van der Waals surface area contributed by atoms with Crippen molar-refractivity contribution in [3.8, 4) is 0 Å². The van der Waals surface area contributed by atoms with E-state index >= 15 is 0 Å². The first-order valence-corrected chi connectivity index (χ1v) is 8.20. The van der Waals surface area contributed by atoms with Gasteiger partial charge >= 0.3 is 0 Å². The van der Waals surface area contributed by atoms with Crippen molar-refractivity contribution >= 4 is 21.8 Å². The van der Waals surface area contributed by atoms with E-state index in [9.17, 15) is 4.79 Å². The Balaban J connectivity index is 1.78. The number of carbonyl (C=O) groups excluding carboxylic acids is 1. The van der Waals surface area contributed by atoms with Gasteiger partial charge in [-0.15, -0.1) is 0 Å². The molecule has 4 nitrogen and oxygen atoms in total. The summed E-state index contributed by atoms with van der Waals surface area (Å²) >= 11 is 3.41. The molecule has 1 aliphatic heterocycles. The van der Waals surface area contributed by atoms with Crippen LogP contribution in [0.1, 0.15) is 29.0 Å². The van der Waals surface area contributed by atoms with Gasteiger partial charge in [0.25, 0.3) is 5.91 Å². The second-order valence-corrected chi connectivity index (χ2v) is 6.33. The highest BCUT2D eigenvalue weighted by atomic mass is 79.9. The van der Waals surface area contributed by atoms with Gasteiger partial charge in [0.1, 0.15) is 5.76 Å². The molecule has 0 saturated carbocycles. The monoisotopic (exact) mass is 363 g/mol. The largest absolute Gasteiger partial charge is 0.467 e. The smallest absolute Gasteiger partial charge is 0.254 e. The Hall–Kier alpha value is -1.59. The summed E-state index contributed by atoms with van der Waals surface area (Å²) in [7, 11) is 0. The van der Waals surface area contributed by atoms with E-state index in [1.54, 1.807) is 11.2 Å². The number of hydrogen-bond acceptors (Lipinski definition) is 3. The fraction of sp³-hybridized carbons (Fsp3) is 0.353. The number of furan rings is 1. The normalized spacial score (nSPS) is 17.6. The zero-order valence-electron chi connectivity index (χ0n) is 12.2. The first-order chi connectivity index (χ1) is 10.7. The van der Waals surface area contributed by atoms with Gasteiger partial charge in [-0.3, -0.25) is 4.79 Å². The Morgan fingerprint density at radius 1 is 1.32 bits per heavy atom. The molecule has 2 aromatic rings. The van der Waals surface area contributed by atoms with Crippen molar-refractivity contribution in [2.45, 2.75) is 25.5 Å². The summed E-state index contributed by atoms with van der Waals surface area (Å²) in [6.45, 7) is 1.83. The lowest BCUT2D eigenvalue weighted by molar-refractivity contribution is 0.0491. The van der Waals surface area contributed by atoms with E-state index in [2.05, 4.69) is 15.9 Å². The highest BCUT2D eigenvalue weighted by Crippen LogP contribution is 2.19. The molecule has 1 unspecified atom stereocenters. The van der Waals surface area contributed by atoms with Crippen LogP contribution >= 0.6 is 15.9 Å². The third kappa shape index (κ3) is 3.78. The van der Waals surface area contributed by atoms with Crippen molar-refractivity contribution in [3.63, 3.8) is 0 Å². The lowest BCUT2D eigenvalue weighted by Crippen LogP contribution is -2.36. The van der Waals surface area contributed by atoms with Gasteiger partial charge in [0, 0.05) is 23.2 Å². The van der Waals surface area contributed by atoms with Crippen LogP contribution in [0, 0.1) is 0 Å². The minimum absolute atomic E-state index is 0.00630. The maximum absolute atomic E-state index is 12.8. The quantitative estimate of drug-likeness (QED) is 0.809. The van der Waals surface area contributed by atoms with E-state index in [-0.39, 0.29) is 12.0 Å². The van der Waals surface area contributed by atoms with Crippen LogP contribution in [0.4, 0.5) is 0 Å². The number of carbonyl (C=O) groups is 1. The average Bonchev–Trinajstić information content (AvgIpc) is 3.19. The predicted octanol–water partition coefficient (Wildman–Crippen LogP) is 3.86. The molecule has 0 bridgehead atoms. The molecule has 1 aliphatic rings. The van der Waals surface area contributed by atoms with Crippen LogP contribution in [0.25, 0.3) is 0 Å². The summed E-state index contributed by atoms with van der Waals surface area (Å²) < 4.78 is 12.0. The first kappa shape index (κ1) is 15.3. The number of benzene rings is 1. The van der Waals surface area contributed by atoms with Gasteiger partial charge in [-0.05, 0) is 43.2 Å². The summed E-state index contributed by atoms with van der Waals surface area (Å²) in [5.41, 5.74) is 0.666. The van der Waals surface area contributed by atoms with Crippen LogP contribution in [0.3, 0.4) is 0 Å². The Bertz CT molecular complexity index is 621. The molecule has 1 saturated heterocycles. The molecule has 116 valence electrons. The molecular formula is C17H18BrNO3. The van der Waals surface area contributed by atoms with E-state index in [0.29, 0.717) is 18.7 Å². The highest BCUT2D eigenvalue weighted by molar-refractivity contribution is 9.10. The second-order valence-electron chi connectivity index (χ2n) is 5.41. The standard InChI is InChI=1S/C17H18BrNO3/c18-14-5-1-4-13(10-14)17(20)19(11-15-6-2-8-21-15)12-16-7-3-9-22-16/h1-2,4-6,8,10,16H,3,7,9,11-12H2. The van der Waals surface area contributed by atoms with E-state index in [1.807, 2.05) is 36.4 Å². The molecule has 0 N–H and O–H groups in total. The molecule has 0 spiro atoms. The van der Waals surface area contributed by atoms with Crippen LogP contribution in [-0.2, 0) is 11.3 Å². The van der Waals surface area contributed by atoms with Gasteiger partial charge in [0.15, 0.2) is 0 Å². The summed E-state index contributed by atoms with van der Waals surface area (Å²) in [4.78, 5) is 14.6. The maximum atomic E-state index is 12.8. The third-order valence-corrected chi connectivity index (χ3v) is 4.23. The molecule has 5 heteroatoms. The molecular weight excluding hydrogens is 346 g/mol. The maximum Gasteiger partial charge on any atom is 0.254 e. The van der Waals surface area contributed by atoms with E-state index in [1.165, 1.54) is 0 Å². The molecule has 1 aromatic carbocycles. The van der Waals surface area contributed by atoms with Crippen LogP contribution in [0.2, 0.25) is 0 Å². The van der Waals surface area contributed by atoms with E-state index < -0.39 is 0 Å². The number of halogens is 1. The predicted molar refractivity (Wildman–Crippen MR) is 86.6 cm³/mol. The van der Waals surface area contributed by atoms with Gasteiger partial charge in [-0.1, -0.05) is 22.0 Å². The Labute approximate surface area is 138 Å². The number of nitrogens with zero attached hydrogens (tertiary/aromatic N) is 1. The summed E-state index contributed by atoms with van der Waals surface area (Å²) in [5, 5.41) is 0. The van der Waals surface area contributed by atoms with Crippen molar-refractivity contribution in [3.05, 3.63) is 58.5 Å². The molecule has 1 atom stereocenters. The number of ether oxygens (including phenoxy) is 1. The van der Waals surface area contributed by atoms with Crippen molar-refractivity contribution < 1.29 is 13.9 Å². The van der Waals surface area contributed by atoms with Gasteiger partial charge in [0.05, 0.1) is 18.9 Å². The van der Waals surface area contributed by atoms with Crippen LogP contribution in [0.5, 0.6) is 0 Å². The Morgan fingerprint density at radius 3 is 2.91 bits per heavy atom. The number of amides is 1. The SMILES string of the molecule is O=C(c1cccc(Br)c1)N(Cc1ccco1)CC1CCCO1. The molecule has 0 aliphatic carbocycles. The first-order valence-electron chi connectivity index (χ1n) is 7.41. The minimum Gasteiger partial charge on any atom is -0.467 e. The number of rotatable bonds is 5. The molecule has 2 heterocycles. The fourth-order valence-corrected chi connectivity index (χ4v) is 3.05. The molecule has 22 heavy (non-hydrogen) atoms. The van der Waals surface area contributed by atoms with E-state index in [4.69, 9.17) is 9.15 Å². The topological polar surface area (TPSA) is 42.7 Å². The average molecular weight is 364 g/mol. The molecule has 3 rings (SSSR count).